The van der Waals surface area contributed by atoms with E-state index >= 15 is 0 Å². The van der Waals surface area contributed by atoms with E-state index in [4.69, 9.17) is 4.74 Å². The van der Waals surface area contributed by atoms with Crippen molar-refractivity contribution >= 4 is 21.6 Å². The molecule has 0 bridgehead atoms. The molecule has 0 spiro atoms. The minimum atomic E-state index is -3.51. The Labute approximate surface area is 143 Å². The SMILES string of the molecule is COc1ccccc1N(CCC(=O)N1CCN(C)CC1)S(C)(=O)=O. The molecule has 0 N–H and O–H groups in total. The quantitative estimate of drug-likeness (QED) is 0.748. The van der Waals surface area contributed by atoms with E-state index in [1.165, 1.54) is 11.4 Å². The first-order valence-electron chi connectivity index (χ1n) is 7.90. The van der Waals surface area contributed by atoms with Crippen molar-refractivity contribution in [2.45, 2.75) is 6.42 Å². The van der Waals surface area contributed by atoms with Gasteiger partial charge in [0.25, 0.3) is 0 Å². The summed E-state index contributed by atoms with van der Waals surface area (Å²) in [5, 5.41) is 0. The molecule has 0 unspecified atom stereocenters. The third-order valence-corrected chi connectivity index (χ3v) is 5.32. The molecule has 0 saturated carbocycles. The number of anilines is 1. The fourth-order valence-electron chi connectivity index (χ4n) is 2.71. The average molecular weight is 355 g/mol. The lowest BCUT2D eigenvalue weighted by atomic mass is 10.2. The van der Waals surface area contributed by atoms with Crippen LogP contribution in [0.1, 0.15) is 6.42 Å². The van der Waals surface area contributed by atoms with Gasteiger partial charge in [-0.05, 0) is 19.2 Å². The van der Waals surface area contributed by atoms with E-state index in [1.54, 1.807) is 29.2 Å². The van der Waals surface area contributed by atoms with E-state index in [2.05, 4.69) is 4.90 Å². The zero-order chi connectivity index (χ0) is 17.7. The molecule has 1 aliphatic heterocycles. The highest BCUT2D eigenvalue weighted by molar-refractivity contribution is 7.92. The van der Waals surface area contributed by atoms with Crippen molar-refractivity contribution < 1.29 is 17.9 Å². The molecule has 24 heavy (non-hydrogen) atoms. The predicted molar refractivity (Wildman–Crippen MR) is 93.9 cm³/mol. The number of rotatable bonds is 6. The number of para-hydroxylation sites is 2. The third kappa shape index (κ3) is 4.61. The number of carbonyl (C=O) groups excluding carboxylic acids is 1. The van der Waals surface area contributed by atoms with Crippen LogP contribution < -0.4 is 9.04 Å². The molecule has 0 aliphatic carbocycles. The summed E-state index contributed by atoms with van der Waals surface area (Å²) in [5.74, 6) is 0.446. The Morgan fingerprint density at radius 3 is 2.42 bits per heavy atom. The molecule has 8 heteroatoms. The van der Waals surface area contributed by atoms with Crippen LogP contribution in [0.3, 0.4) is 0 Å². The van der Waals surface area contributed by atoms with Gasteiger partial charge in [0.15, 0.2) is 0 Å². The van der Waals surface area contributed by atoms with Crippen molar-refractivity contribution in [2.75, 3.05) is 57.4 Å². The summed E-state index contributed by atoms with van der Waals surface area (Å²) < 4.78 is 30.8. The number of hydrogen-bond acceptors (Lipinski definition) is 5. The molecule has 0 atom stereocenters. The third-order valence-electron chi connectivity index (χ3n) is 4.14. The van der Waals surface area contributed by atoms with Gasteiger partial charge in [-0.2, -0.15) is 0 Å². The topological polar surface area (TPSA) is 70.2 Å². The molecule has 0 aromatic heterocycles. The van der Waals surface area contributed by atoms with Gasteiger partial charge in [-0.1, -0.05) is 12.1 Å². The van der Waals surface area contributed by atoms with Crippen LogP contribution >= 0.6 is 0 Å². The van der Waals surface area contributed by atoms with Crippen LogP contribution in [0.25, 0.3) is 0 Å². The van der Waals surface area contributed by atoms with Gasteiger partial charge in [-0.15, -0.1) is 0 Å². The number of benzene rings is 1. The van der Waals surface area contributed by atoms with Gasteiger partial charge in [0.1, 0.15) is 5.75 Å². The van der Waals surface area contributed by atoms with Gasteiger partial charge in [0, 0.05) is 39.1 Å². The van der Waals surface area contributed by atoms with Gasteiger partial charge in [0.2, 0.25) is 15.9 Å². The van der Waals surface area contributed by atoms with Gasteiger partial charge < -0.3 is 14.5 Å². The van der Waals surface area contributed by atoms with Crippen molar-refractivity contribution in [1.82, 2.24) is 9.80 Å². The number of ether oxygens (including phenoxy) is 1. The number of piperazine rings is 1. The minimum absolute atomic E-state index is 0.0216. The second-order valence-corrected chi connectivity index (χ2v) is 7.85. The van der Waals surface area contributed by atoms with Crippen molar-refractivity contribution in [2.24, 2.45) is 0 Å². The van der Waals surface area contributed by atoms with E-state index < -0.39 is 10.0 Å². The van der Waals surface area contributed by atoms with Crippen LogP contribution in [0.5, 0.6) is 5.75 Å². The van der Waals surface area contributed by atoms with Crippen molar-refractivity contribution in [3.63, 3.8) is 0 Å². The van der Waals surface area contributed by atoms with E-state index in [0.29, 0.717) is 24.5 Å². The summed E-state index contributed by atoms with van der Waals surface area (Å²) in [6.45, 7) is 3.15. The highest BCUT2D eigenvalue weighted by Gasteiger charge is 2.24. The molecule has 7 nitrogen and oxygen atoms in total. The van der Waals surface area contributed by atoms with E-state index in [9.17, 15) is 13.2 Å². The average Bonchev–Trinajstić information content (AvgIpc) is 2.54. The molecule has 1 amide bonds. The lowest BCUT2D eigenvalue weighted by Gasteiger charge is -2.33. The van der Waals surface area contributed by atoms with Crippen molar-refractivity contribution in [1.29, 1.82) is 0 Å². The van der Waals surface area contributed by atoms with Gasteiger partial charge >= 0.3 is 0 Å². The molecule has 134 valence electrons. The molecule has 0 radical (unpaired) electrons. The Hall–Kier alpha value is -1.80. The second kappa shape index (κ2) is 7.85. The lowest BCUT2D eigenvalue weighted by molar-refractivity contribution is -0.132. The molecule has 1 aromatic carbocycles. The zero-order valence-corrected chi connectivity index (χ0v) is 15.3. The van der Waals surface area contributed by atoms with Crippen LogP contribution in [0, 0.1) is 0 Å². The van der Waals surface area contributed by atoms with Gasteiger partial charge in [-0.25, -0.2) is 8.42 Å². The standard InChI is InChI=1S/C16H25N3O4S/c1-17-10-12-18(13-11-17)16(20)8-9-19(24(3,21)22)14-6-4-5-7-15(14)23-2/h4-7H,8-13H2,1-3H3. The molecular formula is C16H25N3O4S. The van der Waals surface area contributed by atoms with E-state index in [0.717, 1.165) is 19.3 Å². The number of amides is 1. The van der Waals surface area contributed by atoms with Gasteiger partial charge in [-0.3, -0.25) is 9.10 Å². The maximum absolute atomic E-state index is 12.4. The predicted octanol–water partition coefficient (Wildman–Crippen LogP) is 0.625. The van der Waals surface area contributed by atoms with Crippen LogP contribution in [0.15, 0.2) is 24.3 Å². The highest BCUT2D eigenvalue weighted by Crippen LogP contribution is 2.29. The summed E-state index contributed by atoms with van der Waals surface area (Å²) in [5.41, 5.74) is 0.452. The number of hydrogen-bond donors (Lipinski definition) is 0. The summed E-state index contributed by atoms with van der Waals surface area (Å²) >= 11 is 0. The number of carbonyl (C=O) groups is 1. The molecule has 1 fully saturated rings. The van der Waals surface area contributed by atoms with Crippen molar-refractivity contribution in [3.8, 4) is 5.75 Å². The monoisotopic (exact) mass is 355 g/mol. The Morgan fingerprint density at radius 1 is 1.21 bits per heavy atom. The zero-order valence-electron chi connectivity index (χ0n) is 14.4. The molecular weight excluding hydrogens is 330 g/mol. The summed E-state index contributed by atoms with van der Waals surface area (Å²) in [6.07, 6.45) is 1.29. The Morgan fingerprint density at radius 2 is 1.83 bits per heavy atom. The first-order chi connectivity index (χ1) is 11.3. The maximum atomic E-state index is 12.4. The fourth-order valence-corrected chi connectivity index (χ4v) is 3.64. The second-order valence-electron chi connectivity index (χ2n) is 5.94. The summed E-state index contributed by atoms with van der Waals surface area (Å²) in [4.78, 5) is 16.3. The highest BCUT2D eigenvalue weighted by atomic mass is 32.2. The summed E-state index contributed by atoms with van der Waals surface area (Å²) in [6, 6.07) is 6.91. The van der Waals surface area contributed by atoms with E-state index in [-0.39, 0.29) is 18.9 Å². The summed E-state index contributed by atoms with van der Waals surface area (Å²) in [7, 11) is 0.00606. The van der Waals surface area contributed by atoms with Crippen molar-refractivity contribution in [3.05, 3.63) is 24.3 Å². The first kappa shape index (κ1) is 18.5. The lowest BCUT2D eigenvalue weighted by Crippen LogP contribution is -2.48. The molecule has 1 saturated heterocycles. The largest absolute Gasteiger partial charge is 0.495 e. The van der Waals surface area contributed by atoms with Gasteiger partial charge in [0.05, 0.1) is 19.1 Å². The maximum Gasteiger partial charge on any atom is 0.232 e. The number of methoxy groups -OCH3 is 1. The molecule has 2 rings (SSSR count). The smallest absolute Gasteiger partial charge is 0.232 e. The Bertz CT molecular complexity index is 670. The Kier molecular flexibility index (Phi) is 6.06. The fraction of sp³-hybridized carbons (Fsp3) is 0.562. The first-order valence-corrected chi connectivity index (χ1v) is 9.75. The van der Waals surface area contributed by atoms with E-state index in [1.807, 2.05) is 7.05 Å². The number of nitrogens with zero attached hydrogens (tertiary/aromatic N) is 3. The van der Waals surface area contributed by atoms with Crippen LogP contribution in [-0.2, 0) is 14.8 Å². The normalized spacial score (nSPS) is 16.0. The molecule has 1 heterocycles. The molecule has 1 aromatic rings. The number of likely N-dealkylation sites (N-methyl/N-ethyl adjacent to an activating group) is 1. The van der Waals surface area contributed by atoms with Crippen LogP contribution in [0.4, 0.5) is 5.69 Å². The van der Waals surface area contributed by atoms with Crippen LogP contribution in [-0.4, -0.2) is 77.3 Å². The Balaban J connectivity index is 2.09. The number of sulfonamides is 1. The minimum Gasteiger partial charge on any atom is -0.495 e. The van der Waals surface area contributed by atoms with Crippen LogP contribution in [0.2, 0.25) is 0 Å². The molecule has 1 aliphatic rings.